The van der Waals surface area contributed by atoms with Crippen LogP contribution in [-0.2, 0) is 9.59 Å². The van der Waals surface area contributed by atoms with Gasteiger partial charge in [-0.25, -0.2) is 0 Å². The Morgan fingerprint density at radius 3 is 2.10 bits per heavy atom. The molecule has 0 heterocycles. The maximum atomic E-state index is 13.6. The lowest BCUT2D eigenvalue weighted by Gasteiger charge is -2.69. The predicted molar refractivity (Wildman–Crippen MR) is 173 cm³/mol. The molecule has 5 aliphatic rings. The number of rotatable bonds is 4. The molecule has 0 aromatic carbocycles. The number of aliphatic hydroxyl groups is 2. The van der Waals surface area contributed by atoms with Crippen LogP contribution < -0.4 is 5.32 Å². The van der Waals surface area contributed by atoms with Crippen molar-refractivity contribution < 1.29 is 19.8 Å². The predicted octanol–water partition coefficient (Wildman–Crippen LogP) is 8.34. The molecular weight excluding hydrogens is 522 g/mol. The highest BCUT2D eigenvalue weighted by molar-refractivity contribution is 5.83. The third-order valence-corrected chi connectivity index (χ3v) is 12.7. The van der Waals surface area contributed by atoms with Gasteiger partial charge in [-0.15, -0.1) is 6.58 Å². The molecule has 0 saturated heterocycles. The van der Waals surface area contributed by atoms with Crippen LogP contribution >= 0.6 is 0 Å². The highest BCUT2D eigenvalue weighted by Crippen LogP contribution is 2.72. The quantitative estimate of drug-likeness (QED) is 0.176. The maximum absolute atomic E-state index is 13.6. The SMILES string of the molecule is C=C/C=C(\O)CNC(=O)C12CCCC1C1CCC3C(C)(CCC4C(C)(C)C(O)CCC43C)C1CC2.C=CC.CC(C)=O. The summed E-state index contributed by atoms with van der Waals surface area (Å²) in [5.41, 5.74) is 0.430. The van der Waals surface area contributed by atoms with Crippen LogP contribution in [-0.4, -0.2) is 34.6 Å². The molecule has 1 amide bonds. The fourth-order valence-electron chi connectivity index (χ4n) is 11.1. The largest absolute Gasteiger partial charge is 0.510 e. The summed E-state index contributed by atoms with van der Waals surface area (Å²) in [6.07, 6.45) is 17.4. The zero-order chi connectivity index (χ0) is 31.5. The third kappa shape index (κ3) is 6.19. The van der Waals surface area contributed by atoms with Crippen molar-refractivity contribution in [2.24, 2.45) is 51.2 Å². The Morgan fingerprint density at radius 2 is 1.48 bits per heavy atom. The second-order valence-corrected chi connectivity index (χ2v) is 15.5. The van der Waals surface area contributed by atoms with E-state index in [2.05, 4.69) is 46.2 Å². The monoisotopic (exact) mass is 583 g/mol. The van der Waals surface area contributed by atoms with Gasteiger partial charge in [0.15, 0.2) is 0 Å². The van der Waals surface area contributed by atoms with Crippen LogP contribution in [0.4, 0.5) is 0 Å². The van der Waals surface area contributed by atoms with E-state index in [4.69, 9.17) is 0 Å². The molecule has 9 unspecified atom stereocenters. The summed E-state index contributed by atoms with van der Waals surface area (Å²) in [4.78, 5) is 23.0. The van der Waals surface area contributed by atoms with Crippen molar-refractivity contribution in [3.8, 4) is 0 Å². The number of aliphatic hydroxyl groups excluding tert-OH is 2. The smallest absolute Gasteiger partial charge is 0.226 e. The van der Waals surface area contributed by atoms with E-state index >= 15 is 0 Å². The molecule has 5 nitrogen and oxygen atoms in total. The summed E-state index contributed by atoms with van der Waals surface area (Å²) < 4.78 is 0. The van der Waals surface area contributed by atoms with Crippen molar-refractivity contribution in [2.45, 2.75) is 125 Å². The first-order valence-corrected chi connectivity index (χ1v) is 16.7. The Bertz CT molecular complexity index is 1030. The molecule has 238 valence electrons. The molecule has 5 heteroatoms. The first-order chi connectivity index (χ1) is 19.6. The lowest BCUT2D eigenvalue weighted by atomic mass is 9.36. The molecule has 9 atom stereocenters. The standard InChI is InChI=1S/C31H49NO3.C3H6O.C3H6/c1-6-8-20(33)19-32-27(35)31-15-7-9-23(31)21-10-11-25-29(4,22(21)12-18-31)16-13-24-28(2,3)26(34)14-17-30(24,25)5;1-3(2)4;1-3-2/h6,8,21-26,33-34H,1,7,9-19H2,2-5H3,(H,32,35);1-2H3;3H,1H2,2H3/b20-8-;;. The van der Waals surface area contributed by atoms with E-state index in [0.717, 1.165) is 38.0 Å². The average Bonchev–Trinajstić information content (AvgIpc) is 3.36. The Kier molecular flexibility index (Phi) is 11.0. The number of allylic oxidation sites excluding steroid dienone is 3. The van der Waals surface area contributed by atoms with Crippen molar-refractivity contribution in [3.63, 3.8) is 0 Å². The molecule has 5 saturated carbocycles. The first kappa shape index (κ1) is 34.6. The first-order valence-electron chi connectivity index (χ1n) is 16.7. The molecular formula is C37H61NO4. The van der Waals surface area contributed by atoms with E-state index in [1.807, 2.05) is 6.92 Å². The van der Waals surface area contributed by atoms with E-state index in [1.54, 1.807) is 18.2 Å². The Labute approximate surface area is 256 Å². The highest BCUT2D eigenvalue weighted by Gasteiger charge is 2.67. The Hall–Kier alpha value is -1.88. The summed E-state index contributed by atoms with van der Waals surface area (Å²) in [6.45, 7) is 22.0. The van der Waals surface area contributed by atoms with E-state index in [-0.39, 0.29) is 40.9 Å². The number of hydrogen-bond donors (Lipinski definition) is 3. The van der Waals surface area contributed by atoms with Gasteiger partial charge in [-0.1, -0.05) is 52.8 Å². The van der Waals surface area contributed by atoms with Gasteiger partial charge in [0.25, 0.3) is 0 Å². The minimum atomic E-state index is -0.239. The van der Waals surface area contributed by atoms with Gasteiger partial charge in [0.05, 0.1) is 18.1 Å². The number of amides is 1. The van der Waals surface area contributed by atoms with Gasteiger partial charge in [-0.3, -0.25) is 4.79 Å². The Balaban J connectivity index is 0.000000627. The van der Waals surface area contributed by atoms with Crippen molar-refractivity contribution in [3.05, 3.63) is 37.1 Å². The second kappa shape index (κ2) is 13.4. The van der Waals surface area contributed by atoms with Gasteiger partial charge in [0, 0.05) is 0 Å². The molecule has 0 radical (unpaired) electrons. The maximum Gasteiger partial charge on any atom is 0.226 e. The molecule has 5 rings (SSSR count). The minimum absolute atomic E-state index is 0.00203. The average molecular weight is 584 g/mol. The lowest BCUT2D eigenvalue weighted by molar-refractivity contribution is -0.214. The molecule has 42 heavy (non-hydrogen) atoms. The minimum Gasteiger partial charge on any atom is -0.510 e. The molecule has 5 aliphatic carbocycles. The molecule has 0 aromatic heterocycles. The fraction of sp³-hybridized carbons (Fsp3) is 0.784. The van der Waals surface area contributed by atoms with Crippen molar-refractivity contribution in [1.82, 2.24) is 5.32 Å². The van der Waals surface area contributed by atoms with E-state index < -0.39 is 0 Å². The van der Waals surface area contributed by atoms with Gasteiger partial charge in [0.1, 0.15) is 11.5 Å². The molecule has 0 bridgehead atoms. The number of Topliss-reactive ketones (excluding diaryl/α,β-unsaturated/α-hetero) is 1. The Morgan fingerprint density at radius 1 is 0.857 bits per heavy atom. The van der Waals surface area contributed by atoms with Crippen LogP contribution in [0.15, 0.2) is 37.1 Å². The summed E-state index contributed by atoms with van der Waals surface area (Å²) in [5, 5.41) is 24.0. The summed E-state index contributed by atoms with van der Waals surface area (Å²) in [5.74, 6) is 3.69. The zero-order valence-corrected chi connectivity index (χ0v) is 27.8. The van der Waals surface area contributed by atoms with Crippen molar-refractivity contribution in [1.29, 1.82) is 0 Å². The number of carbonyl (C=O) groups excluding carboxylic acids is 2. The zero-order valence-electron chi connectivity index (χ0n) is 27.8. The molecule has 0 aromatic rings. The number of carbonyl (C=O) groups is 2. The molecule has 0 aliphatic heterocycles. The molecule has 5 fully saturated rings. The number of nitrogens with one attached hydrogen (secondary N) is 1. The topological polar surface area (TPSA) is 86.6 Å². The van der Waals surface area contributed by atoms with E-state index in [1.165, 1.54) is 52.4 Å². The molecule has 3 N–H and O–H groups in total. The van der Waals surface area contributed by atoms with Crippen molar-refractivity contribution >= 4 is 11.7 Å². The summed E-state index contributed by atoms with van der Waals surface area (Å²) in [6, 6.07) is 0. The van der Waals surface area contributed by atoms with Crippen molar-refractivity contribution in [2.75, 3.05) is 6.54 Å². The summed E-state index contributed by atoms with van der Waals surface area (Å²) >= 11 is 0. The second-order valence-electron chi connectivity index (χ2n) is 15.5. The van der Waals surface area contributed by atoms with Crippen LogP contribution in [0.25, 0.3) is 0 Å². The van der Waals surface area contributed by atoms with E-state index in [0.29, 0.717) is 34.5 Å². The van der Waals surface area contributed by atoms with Gasteiger partial charge in [0.2, 0.25) is 5.91 Å². The van der Waals surface area contributed by atoms with E-state index in [9.17, 15) is 19.8 Å². The lowest BCUT2D eigenvalue weighted by Crippen LogP contribution is -2.63. The third-order valence-electron chi connectivity index (χ3n) is 12.7. The summed E-state index contributed by atoms with van der Waals surface area (Å²) in [7, 11) is 0. The number of hydrogen-bond acceptors (Lipinski definition) is 4. The number of ketones is 1. The van der Waals surface area contributed by atoms with Crippen LogP contribution in [0.3, 0.4) is 0 Å². The fourth-order valence-corrected chi connectivity index (χ4v) is 11.1. The van der Waals surface area contributed by atoms with Crippen LogP contribution in [0.2, 0.25) is 0 Å². The normalized spacial score (nSPS) is 41.5. The number of fused-ring (bicyclic) bond motifs is 7. The van der Waals surface area contributed by atoms with Gasteiger partial charge >= 0.3 is 0 Å². The molecule has 0 spiro atoms. The van der Waals surface area contributed by atoms with Gasteiger partial charge < -0.3 is 20.3 Å². The highest BCUT2D eigenvalue weighted by atomic mass is 16.3. The van der Waals surface area contributed by atoms with Gasteiger partial charge in [-0.2, -0.15) is 0 Å². The van der Waals surface area contributed by atoms with Gasteiger partial charge in [-0.05, 0) is 137 Å². The van der Waals surface area contributed by atoms with Crippen LogP contribution in [0.5, 0.6) is 0 Å². The van der Waals surface area contributed by atoms with Crippen LogP contribution in [0, 0.1) is 51.2 Å². The van der Waals surface area contributed by atoms with Crippen LogP contribution in [0.1, 0.15) is 119 Å².